The van der Waals surface area contributed by atoms with Crippen LogP contribution in [0.5, 0.6) is 5.75 Å². The number of hydrogen-bond acceptors (Lipinski definition) is 5. The summed E-state index contributed by atoms with van der Waals surface area (Å²) in [6.45, 7) is 2.74. The van der Waals surface area contributed by atoms with Crippen molar-refractivity contribution < 1.29 is 22.7 Å². The van der Waals surface area contributed by atoms with Crippen LogP contribution in [0.15, 0.2) is 54.6 Å². The molecule has 0 heterocycles. The summed E-state index contributed by atoms with van der Waals surface area (Å²) in [4.78, 5) is 12.1. The molecule has 0 saturated carbocycles. The van der Waals surface area contributed by atoms with Crippen LogP contribution in [-0.2, 0) is 19.4 Å². The number of rotatable bonds is 7. The van der Waals surface area contributed by atoms with Crippen molar-refractivity contribution in [2.75, 3.05) is 19.5 Å². The Morgan fingerprint density at radius 3 is 2.08 bits per heavy atom. The van der Waals surface area contributed by atoms with Gasteiger partial charge in [0.1, 0.15) is 12.4 Å². The van der Waals surface area contributed by atoms with Gasteiger partial charge in [0.15, 0.2) is 14.6 Å². The minimum absolute atomic E-state index is 0.107. The number of esters is 1. The van der Waals surface area contributed by atoms with Gasteiger partial charge in [0.25, 0.3) is 0 Å². The third-order valence-electron chi connectivity index (χ3n) is 4.00. The zero-order chi connectivity index (χ0) is 18.5. The first kappa shape index (κ1) is 19.0. The Hall–Kier alpha value is -2.34. The minimum Gasteiger partial charge on any atom is -0.491 e. The normalized spacial score (nSPS) is 13.7. The Morgan fingerprint density at radius 1 is 1.00 bits per heavy atom. The van der Waals surface area contributed by atoms with Gasteiger partial charge in [0, 0.05) is 6.26 Å². The zero-order valence-electron chi connectivity index (χ0n) is 14.6. The minimum atomic E-state index is -3.71. The van der Waals surface area contributed by atoms with Gasteiger partial charge in [-0.2, -0.15) is 0 Å². The largest absolute Gasteiger partial charge is 0.491 e. The van der Waals surface area contributed by atoms with Gasteiger partial charge < -0.3 is 9.47 Å². The molecule has 0 amide bonds. The number of benzene rings is 2. The summed E-state index contributed by atoms with van der Waals surface area (Å²) >= 11 is 0. The number of ether oxygens (including phenoxy) is 2. The first-order valence-electron chi connectivity index (χ1n) is 7.93. The van der Waals surface area contributed by atoms with Gasteiger partial charge in [0.2, 0.25) is 0 Å². The quantitative estimate of drug-likeness (QED) is 0.708. The summed E-state index contributed by atoms with van der Waals surface area (Å²) in [5.74, 6) is -0.322. The summed E-state index contributed by atoms with van der Waals surface area (Å²) in [5, 5.41) is 0. The van der Waals surface area contributed by atoms with E-state index in [-0.39, 0.29) is 13.2 Å². The number of carbonyl (C=O) groups is 1. The van der Waals surface area contributed by atoms with E-state index < -0.39 is 20.6 Å². The van der Waals surface area contributed by atoms with Gasteiger partial charge in [-0.1, -0.05) is 42.5 Å². The van der Waals surface area contributed by atoms with Crippen LogP contribution in [0, 0.1) is 0 Å². The van der Waals surface area contributed by atoms with Crippen LogP contribution in [0.4, 0.5) is 0 Å². The maximum atomic E-state index is 12.1. The Balaban J connectivity index is 2.14. The lowest BCUT2D eigenvalue weighted by atomic mass is 10.1. The van der Waals surface area contributed by atoms with Crippen molar-refractivity contribution in [2.45, 2.75) is 18.6 Å². The summed E-state index contributed by atoms with van der Waals surface area (Å²) in [5.41, 5.74) is 2.09. The Bertz CT molecular complexity index is 813. The van der Waals surface area contributed by atoms with E-state index >= 15 is 0 Å². The van der Waals surface area contributed by atoms with E-state index in [1.807, 2.05) is 42.5 Å². The van der Waals surface area contributed by atoms with Gasteiger partial charge in [-0.3, -0.25) is 4.79 Å². The standard InChI is InChI=1S/C19H22O5S/c1-4-23-18(20)19(2,25(3,21)22)14-24-17-12-10-16(11-13-17)15-8-6-5-7-9-15/h5-13H,4,14H2,1-3H3. The van der Waals surface area contributed by atoms with Crippen LogP contribution in [0.1, 0.15) is 13.8 Å². The molecule has 0 saturated heterocycles. The molecular weight excluding hydrogens is 340 g/mol. The van der Waals surface area contributed by atoms with Crippen molar-refractivity contribution >= 4 is 15.8 Å². The fourth-order valence-electron chi connectivity index (χ4n) is 2.20. The van der Waals surface area contributed by atoms with Crippen LogP contribution in [0.3, 0.4) is 0 Å². The molecule has 0 aliphatic rings. The highest BCUT2D eigenvalue weighted by Crippen LogP contribution is 2.24. The van der Waals surface area contributed by atoms with E-state index in [9.17, 15) is 13.2 Å². The lowest BCUT2D eigenvalue weighted by Gasteiger charge is -2.25. The number of sulfone groups is 1. The summed E-state index contributed by atoms with van der Waals surface area (Å²) < 4.78 is 32.8. The van der Waals surface area contributed by atoms with E-state index in [4.69, 9.17) is 9.47 Å². The first-order valence-corrected chi connectivity index (χ1v) is 9.82. The molecule has 5 nitrogen and oxygen atoms in total. The Kier molecular flexibility index (Phi) is 5.85. The van der Waals surface area contributed by atoms with Crippen LogP contribution < -0.4 is 4.74 Å². The fourth-order valence-corrected chi connectivity index (χ4v) is 2.83. The fraction of sp³-hybridized carbons (Fsp3) is 0.316. The van der Waals surface area contributed by atoms with Crippen molar-refractivity contribution in [3.63, 3.8) is 0 Å². The third-order valence-corrected chi connectivity index (χ3v) is 5.92. The highest BCUT2D eigenvalue weighted by molar-refractivity contribution is 7.92. The van der Waals surface area contributed by atoms with Gasteiger partial charge in [-0.05, 0) is 37.1 Å². The highest BCUT2D eigenvalue weighted by atomic mass is 32.2. The lowest BCUT2D eigenvalue weighted by Crippen LogP contribution is -2.49. The molecular formula is C19H22O5S. The molecule has 0 spiro atoms. The van der Waals surface area contributed by atoms with E-state index in [2.05, 4.69) is 0 Å². The smallest absolute Gasteiger partial charge is 0.330 e. The topological polar surface area (TPSA) is 69.7 Å². The Morgan fingerprint density at radius 2 is 1.56 bits per heavy atom. The maximum Gasteiger partial charge on any atom is 0.330 e. The molecule has 0 aliphatic carbocycles. The third kappa shape index (κ3) is 4.39. The van der Waals surface area contributed by atoms with Crippen LogP contribution in [-0.4, -0.2) is 38.6 Å². The summed E-state index contributed by atoms with van der Waals surface area (Å²) in [6, 6.07) is 17.1. The molecule has 1 atom stereocenters. The number of carbonyl (C=O) groups excluding carboxylic acids is 1. The van der Waals surface area contributed by atoms with Gasteiger partial charge in [-0.15, -0.1) is 0 Å². The van der Waals surface area contributed by atoms with Crippen molar-refractivity contribution in [2.24, 2.45) is 0 Å². The molecule has 0 aliphatic heterocycles. The molecule has 1 unspecified atom stereocenters. The second-order valence-electron chi connectivity index (χ2n) is 5.90. The molecule has 0 radical (unpaired) electrons. The molecule has 134 valence electrons. The molecule has 2 aromatic rings. The predicted molar refractivity (Wildman–Crippen MR) is 97.3 cm³/mol. The van der Waals surface area contributed by atoms with E-state index in [1.54, 1.807) is 19.1 Å². The van der Waals surface area contributed by atoms with Crippen LogP contribution >= 0.6 is 0 Å². The maximum absolute atomic E-state index is 12.1. The van der Waals surface area contributed by atoms with Gasteiger partial charge >= 0.3 is 5.97 Å². The number of hydrogen-bond donors (Lipinski definition) is 0. The van der Waals surface area contributed by atoms with Crippen molar-refractivity contribution in [3.05, 3.63) is 54.6 Å². The molecule has 0 bridgehead atoms. The first-order chi connectivity index (χ1) is 11.8. The molecule has 25 heavy (non-hydrogen) atoms. The van der Waals surface area contributed by atoms with E-state index in [1.165, 1.54) is 6.92 Å². The average Bonchev–Trinajstić information content (AvgIpc) is 2.60. The predicted octanol–water partition coefficient (Wildman–Crippen LogP) is 3.10. The Labute approximate surface area is 148 Å². The molecule has 0 aromatic heterocycles. The molecule has 6 heteroatoms. The lowest BCUT2D eigenvalue weighted by molar-refractivity contribution is -0.146. The summed E-state index contributed by atoms with van der Waals surface area (Å²) in [6.07, 6.45) is 1.01. The molecule has 2 rings (SSSR count). The van der Waals surface area contributed by atoms with Crippen LogP contribution in [0.2, 0.25) is 0 Å². The monoisotopic (exact) mass is 362 g/mol. The SMILES string of the molecule is CCOC(=O)C(C)(COc1ccc(-c2ccccc2)cc1)S(C)(=O)=O. The second kappa shape index (κ2) is 7.70. The van der Waals surface area contributed by atoms with E-state index in [0.29, 0.717) is 5.75 Å². The van der Waals surface area contributed by atoms with Gasteiger partial charge in [-0.25, -0.2) is 8.42 Å². The molecule has 0 N–H and O–H groups in total. The van der Waals surface area contributed by atoms with Gasteiger partial charge in [0.05, 0.1) is 6.61 Å². The summed E-state index contributed by atoms with van der Waals surface area (Å²) in [7, 11) is -3.71. The highest BCUT2D eigenvalue weighted by Gasteiger charge is 2.46. The van der Waals surface area contributed by atoms with Crippen molar-refractivity contribution in [1.29, 1.82) is 0 Å². The van der Waals surface area contributed by atoms with Crippen LogP contribution in [0.25, 0.3) is 11.1 Å². The van der Waals surface area contributed by atoms with Crippen molar-refractivity contribution in [3.8, 4) is 16.9 Å². The average molecular weight is 362 g/mol. The van der Waals surface area contributed by atoms with E-state index in [0.717, 1.165) is 17.4 Å². The second-order valence-corrected chi connectivity index (χ2v) is 8.35. The zero-order valence-corrected chi connectivity index (χ0v) is 15.4. The molecule has 2 aromatic carbocycles. The molecule has 0 fully saturated rings. The van der Waals surface area contributed by atoms with Crippen molar-refractivity contribution in [1.82, 2.24) is 0 Å².